The number of carboxylic acid groups (broad SMARTS) is 1. The first-order valence-electron chi connectivity index (χ1n) is 13.9. The maximum atomic E-state index is 11.4. The van der Waals surface area contributed by atoms with E-state index in [-0.39, 0.29) is 46.6 Å². The number of thioether (sulfide) groups is 1. The van der Waals surface area contributed by atoms with E-state index in [1.807, 2.05) is 49.2 Å². The first-order valence-corrected chi connectivity index (χ1v) is 16.2. The number of hydrogen-bond acceptors (Lipinski definition) is 6. The Morgan fingerprint density at radius 1 is 1.12 bits per heavy atom. The van der Waals surface area contributed by atoms with Crippen LogP contribution in [0.25, 0.3) is 10.2 Å². The quantitative estimate of drug-likeness (QED) is 0.227. The van der Waals surface area contributed by atoms with Crippen molar-refractivity contribution in [2.75, 3.05) is 5.75 Å². The fraction of sp³-hybridized carbons (Fsp3) is 0.394. The second kappa shape index (κ2) is 13.9. The summed E-state index contributed by atoms with van der Waals surface area (Å²) >= 11 is 9.80. The van der Waals surface area contributed by atoms with Crippen molar-refractivity contribution < 1.29 is 44.6 Å². The van der Waals surface area contributed by atoms with Crippen LogP contribution < -0.4 is 34.7 Å². The summed E-state index contributed by atoms with van der Waals surface area (Å²) < 4.78 is 1.11. The van der Waals surface area contributed by atoms with Crippen LogP contribution in [-0.4, -0.2) is 21.8 Å². The number of pyridine rings is 1. The standard InChI is InChI=1S/C33H36ClNO3S2.Na/c1-32(2,38)26-9-4-3-7-23(26)11-14-28(40-21-33(16-17-33)19-30(36)37)24-8-5-6-22(18-24)10-12-25-13-15-29-31(35-25)27(34)20-39-29;/h3-9,13,15,18,20,28,38H,10-12,14,16-17,19,21H2,1-2H3,(H,36,37);/q;+1/p-1/t28-;/m1./s1. The molecule has 1 aliphatic rings. The molecule has 1 aliphatic carbocycles. The average Bonchev–Trinajstić information content (AvgIpc) is 3.58. The molecule has 2 aromatic carbocycles. The number of benzene rings is 2. The number of rotatable bonds is 13. The van der Waals surface area contributed by atoms with E-state index < -0.39 is 11.6 Å². The molecule has 0 aliphatic heterocycles. The van der Waals surface area contributed by atoms with E-state index in [2.05, 4.69) is 42.5 Å². The summed E-state index contributed by atoms with van der Waals surface area (Å²) in [5.41, 5.74) is 5.51. The smallest absolute Gasteiger partial charge is 0.550 e. The minimum atomic E-state index is -0.953. The summed E-state index contributed by atoms with van der Waals surface area (Å²) in [5.74, 6) is -0.139. The largest absolute Gasteiger partial charge is 1.00 e. The van der Waals surface area contributed by atoms with Crippen molar-refractivity contribution in [2.45, 2.75) is 69.6 Å². The summed E-state index contributed by atoms with van der Waals surface area (Å²) in [6.45, 7) is 3.66. The molecule has 0 amide bonds. The molecule has 210 valence electrons. The van der Waals surface area contributed by atoms with Crippen LogP contribution in [0.4, 0.5) is 0 Å². The molecule has 0 unspecified atom stereocenters. The second-order valence-electron chi connectivity index (χ2n) is 11.6. The van der Waals surface area contributed by atoms with Gasteiger partial charge in [0.25, 0.3) is 0 Å². The van der Waals surface area contributed by atoms with E-state index in [9.17, 15) is 15.0 Å². The molecule has 4 aromatic rings. The zero-order valence-corrected chi connectivity index (χ0v) is 28.4. The van der Waals surface area contributed by atoms with E-state index in [1.54, 1.807) is 11.3 Å². The topological polar surface area (TPSA) is 73.2 Å². The van der Waals surface area contributed by atoms with Crippen LogP contribution in [0.3, 0.4) is 0 Å². The predicted octanol–water partition coefficient (Wildman–Crippen LogP) is 4.29. The molecule has 0 bridgehead atoms. The minimum Gasteiger partial charge on any atom is -0.550 e. The number of carboxylic acids is 1. The molecule has 4 nitrogen and oxygen atoms in total. The number of aliphatic carboxylic acids is 1. The van der Waals surface area contributed by atoms with Crippen molar-refractivity contribution in [1.29, 1.82) is 0 Å². The van der Waals surface area contributed by atoms with Gasteiger partial charge in [-0.25, -0.2) is 0 Å². The van der Waals surface area contributed by atoms with E-state index in [4.69, 9.17) is 16.6 Å². The Morgan fingerprint density at radius 3 is 2.63 bits per heavy atom. The average molecular weight is 616 g/mol. The van der Waals surface area contributed by atoms with Gasteiger partial charge >= 0.3 is 29.6 Å². The minimum absolute atomic E-state index is 0. The summed E-state index contributed by atoms with van der Waals surface area (Å²) in [7, 11) is 0. The molecular weight excluding hydrogens is 581 g/mol. The number of thiophene rings is 1. The van der Waals surface area contributed by atoms with E-state index >= 15 is 0 Å². The summed E-state index contributed by atoms with van der Waals surface area (Å²) in [4.78, 5) is 16.2. The Labute approximate surface area is 278 Å². The van der Waals surface area contributed by atoms with Crippen LogP contribution in [0.5, 0.6) is 0 Å². The molecule has 0 saturated heterocycles. The van der Waals surface area contributed by atoms with Gasteiger partial charge in [0.05, 0.1) is 20.8 Å². The molecule has 5 rings (SSSR count). The zero-order chi connectivity index (χ0) is 28.3. The monoisotopic (exact) mass is 615 g/mol. The van der Waals surface area contributed by atoms with Gasteiger partial charge in [-0.15, -0.1) is 11.3 Å². The second-order valence-corrected chi connectivity index (χ2v) is 14.1. The van der Waals surface area contributed by atoms with Gasteiger partial charge in [-0.05, 0) is 104 Å². The van der Waals surface area contributed by atoms with Crippen molar-refractivity contribution in [2.24, 2.45) is 5.41 Å². The van der Waals surface area contributed by atoms with Crippen LogP contribution in [0.1, 0.15) is 72.7 Å². The number of carbonyl (C=O) groups excluding carboxylic acids is 1. The van der Waals surface area contributed by atoms with Gasteiger partial charge in [0, 0.05) is 22.3 Å². The Balaban J connectivity index is 0.00000387. The van der Waals surface area contributed by atoms with Crippen molar-refractivity contribution in [3.05, 3.63) is 99.0 Å². The van der Waals surface area contributed by atoms with Crippen LogP contribution in [0.15, 0.2) is 66.0 Å². The number of aromatic nitrogens is 1. The fourth-order valence-electron chi connectivity index (χ4n) is 5.39. The van der Waals surface area contributed by atoms with Gasteiger partial charge in [-0.1, -0.05) is 60.1 Å². The molecule has 41 heavy (non-hydrogen) atoms. The fourth-order valence-corrected chi connectivity index (χ4v) is 8.04. The van der Waals surface area contributed by atoms with Crippen molar-refractivity contribution >= 4 is 50.9 Å². The maximum absolute atomic E-state index is 11.4. The van der Waals surface area contributed by atoms with E-state index in [0.29, 0.717) is 5.02 Å². The molecular formula is C33H35ClNNaO3S2. The first kappa shape index (κ1) is 32.5. The molecule has 8 heteroatoms. The third-order valence-electron chi connectivity index (χ3n) is 7.84. The Morgan fingerprint density at radius 2 is 1.90 bits per heavy atom. The van der Waals surface area contributed by atoms with Crippen LogP contribution in [-0.2, 0) is 29.7 Å². The SMILES string of the molecule is CC(C)(O)c1ccccc1CC[C@@H](SCC1(CC(=O)[O-])CC1)c1cccc(CCc2ccc3scc(Cl)c3n2)c1.[Na+]. The van der Waals surface area contributed by atoms with Crippen LogP contribution in [0.2, 0.25) is 5.02 Å². The van der Waals surface area contributed by atoms with Gasteiger partial charge < -0.3 is 15.0 Å². The summed E-state index contributed by atoms with van der Waals surface area (Å²) in [6, 6.07) is 21.1. The van der Waals surface area contributed by atoms with Crippen molar-refractivity contribution in [3.63, 3.8) is 0 Å². The van der Waals surface area contributed by atoms with Crippen LogP contribution >= 0.6 is 34.7 Å². The third kappa shape index (κ3) is 8.60. The summed E-state index contributed by atoms with van der Waals surface area (Å²) in [5, 5.41) is 25.0. The Hall–Kier alpha value is -1.38. The number of carbonyl (C=O) groups is 1. The van der Waals surface area contributed by atoms with Crippen molar-refractivity contribution in [1.82, 2.24) is 4.98 Å². The molecule has 1 fully saturated rings. The molecule has 2 heterocycles. The molecule has 0 spiro atoms. The third-order valence-corrected chi connectivity index (χ3v) is 10.9. The van der Waals surface area contributed by atoms with Crippen LogP contribution in [0, 0.1) is 5.41 Å². The van der Waals surface area contributed by atoms with Gasteiger partial charge in [-0.2, -0.15) is 11.8 Å². The van der Waals surface area contributed by atoms with Gasteiger partial charge in [0.15, 0.2) is 0 Å². The van der Waals surface area contributed by atoms with Gasteiger partial charge in [0.2, 0.25) is 0 Å². The molecule has 2 aromatic heterocycles. The number of aryl methyl sites for hydroxylation is 3. The number of hydrogen-bond donors (Lipinski definition) is 1. The number of nitrogens with zero attached hydrogens (tertiary/aromatic N) is 1. The Kier molecular flexibility index (Phi) is 11.1. The molecule has 0 radical (unpaired) electrons. The number of aliphatic hydroxyl groups is 1. The molecule has 1 saturated carbocycles. The van der Waals surface area contributed by atoms with Crippen molar-refractivity contribution in [3.8, 4) is 0 Å². The molecule has 1 atom stereocenters. The Bertz CT molecular complexity index is 1500. The predicted molar refractivity (Wildman–Crippen MR) is 165 cm³/mol. The van der Waals surface area contributed by atoms with Gasteiger partial charge in [-0.3, -0.25) is 4.98 Å². The van der Waals surface area contributed by atoms with Gasteiger partial charge in [0.1, 0.15) is 0 Å². The molecule has 1 N–H and O–H groups in total. The maximum Gasteiger partial charge on any atom is 1.00 e. The summed E-state index contributed by atoms with van der Waals surface area (Å²) in [6.07, 6.45) is 5.48. The van der Waals surface area contributed by atoms with E-state index in [1.165, 1.54) is 11.1 Å². The van der Waals surface area contributed by atoms with E-state index in [0.717, 1.165) is 71.3 Å². The first-order chi connectivity index (χ1) is 19.1. The number of fused-ring (bicyclic) bond motifs is 1. The normalized spacial score (nSPS) is 14.9. The zero-order valence-electron chi connectivity index (χ0n) is 24.0. The number of halogens is 1.